The summed E-state index contributed by atoms with van der Waals surface area (Å²) < 4.78 is 13.3. The number of piperazine rings is 1. The Kier molecular flexibility index (Phi) is 6.23. The van der Waals surface area contributed by atoms with Gasteiger partial charge in [-0.05, 0) is 53.6 Å². The van der Waals surface area contributed by atoms with Gasteiger partial charge in [-0.1, -0.05) is 36.4 Å². The van der Waals surface area contributed by atoms with Gasteiger partial charge in [-0.3, -0.25) is 9.69 Å². The summed E-state index contributed by atoms with van der Waals surface area (Å²) in [5, 5.41) is 5.28. The topological polar surface area (TPSA) is 35.6 Å². The van der Waals surface area contributed by atoms with Crippen LogP contribution in [0.2, 0.25) is 0 Å². The van der Waals surface area contributed by atoms with E-state index in [9.17, 15) is 9.18 Å². The lowest BCUT2D eigenvalue weighted by molar-refractivity contribution is -0.126. The van der Waals surface area contributed by atoms with E-state index in [4.69, 9.17) is 0 Å². The number of thiophene rings is 1. The highest BCUT2D eigenvalue weighted by atomic mass is 32.1. The molecule has 166 valence electrons. The molecule has 2 atom stereocenters. The lowest BCUT2D eigenvalue weighted by atomic mass is 9.83. The van der Waals surface area contributed by atoms with Crippen LogP contribution in [-0.2, 0) is 24.2 Å². The number of carbonyl (C=O) groups excluding carboxylic acids is 1. The molecule has 0 spiro atoms. The maximum absolute atomic E-state index is 13.3. The number of benzene rings is 2. The van der Waals surface area contributed by atoms with E-state index in [1.165, 1.54) is 28.3 Å². The number of nitrogens with zero attached hydrogens (tertiary/aromatic N) is 2. The van der Waals surface area contributed by atoms with Crippen molar-refractivity contribution < 1.29 is 9.18 Å². The molecule has 6 heteroatoms. The van der Waals surface area contributed by atoms with Crippen molar-refractivity contribution in [3.05, 3.63) is 87.9 Å². The average molecular weight is 450 g/mol. The summed E-state index contributed by atoms with van der Waals surface area (Å²) in [5.41, 5.74) is 3.63. The minimum Gasteiger partial charge on any atom is -0.365 e. The lowest BCUT2D eigenvalue weighted by Crippen LogP contribution is -2.61. The van der Waals surface area contributed by atoms with Gasteiger partial charge in [-0.2, -0.15) is 0 Å². The molecule has 1 amide bonds. The Morgan fingerprint density at radius 3 is 2.72 bits per heavy atom. The Balaban J connectivity index is 1.31. The van der Waals surface area contributed by atoms with E-state index >= 15 is 0 Å². The van der Waals surface area contributed by atoms with Gasteiger partial charge in [0.25, 0.3) is 0 Å². The van der Waals surface area contributed by atoms with Crippen LogP contribution < -0.4 is 10.2 Å². The minimum absolute atomic E-state index is 0.0794. The highest BCUT2D eigenvalue weighted by Gasteiger charge is 2.41. The smallest absolute Gasteiger partial charge is 0.225 e. The fourth-order valence-electron chi connectivity index (χ4n) is 5.00. The first-order valence-electron chi connectivity index (χ1n) is 11.3. The van der Waals surface area contributed by atoms with Crippen LogP contribution >= 0.6 is 11.3 Å². The molecule has 1 fully saturated rings. The molecule has 4 nitrogen and oxygen atoms in total. The summed E-state index contributed by atoms with van der Waals surface area (Å²) in [5.74, 6) is -0.138. The highest BCUT2D eigenvalue weighted by molar-refractivity contribution is 7.09. The number of carbonyl (C=O) groups is 1. The van der Waals surface area contributed by atoms with Crippen LogP contribution in [0.15, 0.2) is 66.0 Å². The molecule has 1 N–H and O–H groups in total. The summed E-state index contributed by atoms with van der Waals surface area (Å²) in [6, 6.07) is 19.5. The first-order chi connectivity index (χ1) is 15.7. The number of fused-ring (bicyclic) bond motifs is 3. The average Bonchev–Trinajstić information content (AvgIpc) is 3.33. The standard InChI is InChI=1S/C26H28FN3OS/c27-21-9-7-19(8-10-21)17-29-13-14-30-24-6-2-1-4-20(24)16-23(25(30)18-29)26(31)28-12-11-22-5-3-15-32-22/h1-10,15,23,25H,11-14,16-18H2,(H,28,31)/t23-,25-/m1/s1. The number of nitrogens with one attached hydrogen (secondary N) is 1. The SMILES string of the molecule is O=C(NCCc1cccs1)[C@@H]1Cc2ccccc2N2CCN(Cc3ccc(F)cc3)C[C@H]12. The van der Waals surface area contributed by atoms with Crippen molar-refractivity contribution in [3.63, 3.8) is 0 Å². The number of rotatable bonds is 6. The van der Waals surface area contributed by atoms with Crippen LogP contribution in [0, 0.1) is 11.7 Å². The van der Waals surface area contributed by atoms with E-state index in [1.54, 1.807) is 11.3 Å². The van der Waals surface area contributed by atoms with Crippen molar-refractivity contribution in [3.8, 4) is 0 Å². The molecule has 3 aromatic rings. The van der Waals surface area contributed by atoms with E-state index in [0.717, 1.165) is 44.6 Å². The van der Waals surface area contributed by atoms with Crippen LogP contribution in [-0.4, -0.2) is 43.0 Å². The predicted octanol–water partition coefficient (Wildman–Crippen LogP) is 4.11. The van der Waals surface area contributed by atoms with E-state index in [0.29, 0.717) is 6.54 Å². The Hall–Kier alpha value is -2.70. The zero-order chi connectivity index (χ0) is 21.9. The molecule has 5 rings (SSSR count). The molecule has 1 saturated heterocycles. The lowest BCUT2D eigenvalue weighted by Gasteiger charge is -2.49. The molecule has 1 aromatic heterocycles. The van der Waals surface area contributed by atoms with Gasteiger partial charge in [0, 0.05) is 43.3 Å². The normalized spacial score (nSPS) is 20.5. The Morgan fingerprint density at radius 1 is 1.06 bits per heavy atom. The second-order valence-electron chi connectivity index (χ2n) is 8.68. The summed E-state index contributed by atoms with van der Waals surface area (Å²) >= 11 is 1.73. The molecule has 2 aliphatic heterocycles. The number of anilines is 1. The van der Waals surface area contributed by atoms with Crippen LogP contribution in [0.25, 0.3) is 0 Å². The van der Waals surface area contributed by atoms with E-state index < -0.39 is 0 Å². The third kappa shape index (κ3) is 4.57. The molecule has 0 bridgehead atoms. The molecular weight excluding hydrogens is 421 g/mol. The Bertz CT molecular complexity index is 1050. The molecule has 0 aliphatic carbocycles. The van der Waals surface area contributed by atoms with Gasteiger partial charge >= 0.3 is 0 Å². The van der Waals surface area contributed by atoms with Crippen molar-refractivity contribution in [2.75, 3.05) is 31.1 Å². The van der Waals surface area contributed by atoms with Gasteiger partial charge in [0.2, 0.25) is 5.91 Å². The summed E-state index contributed by atoms with van der Waals surface area (Å²) in [7, 11) is 0. The third-order valence-corrected chi connectivity index (χ3v) is 7.55. The number of halogens is 1. The summed E-state index contributed by atoms with van der Waals surface area (Å²) in [4.78, 5) is 19.4. The summed E-state index contributed by atoms with van der Waals surface area (Å²) in [6.45, 7) is 4.09. The number of hydrogen-bond donors (Lipinski definition) is 1. The Morgan fingerprint density at radius 2 is 1.91 bits per heavy atom. The van der Waals surface area contributed by atoms with Gasteiger partial charge in [-0.15, -0.1) is 11.3 Å². The van der Waals surface area contributed by atoms with Gasteiger partial charge in [0.05, 0.1) is 12.0 Å². The van der Waals surface area contributed by atoms with Gasteiger partial charge in [0.15, 0.2) is 0 Å². The number of para-hydroxylation sites is 1. The monoisotopic (exact) mass is 449 g/mol. The second kappa shape index (κ2) is 9.43. The van der Waals surface area contributed by atoms with Crippen molar-refractivity contribution in [1.82, 2.24) is 10.2 Å². The maximum Gasteiger partial charge on any atom is 0.225 e. The van der Waals surface area contributed by atoms with Crippen LogP contribution in [0.1, 0.15) is 16.0 Å². The van der Waals surface area contributed by atoms with Gasteiger partial charge in [-0.25, -0.2) is 4.39 Å². The van der Waals surface area contributed by atoms with E-state index in [1.807, 2.05) is 12.1 Å². The molecule has 2 aromatic carbocycles. The Labute approximate surface area is 192 Å². The van der Waals surface area contributed by atoms with E-state index in [-0.39, 0.29) is 23.7 Å². The zero-order valence-corrected chi connectivity index (χ0v) is 18.9. The largest absolute Gasteiger partial charge is 0.365 e. The molecule has 3 heterocycles. The third-order valence-electron chi connectivity index (χ3n) is 6.61. The molecule has 0 radical (unpaired) electrons. The minimum atomic E-state index is -0.207. The van der Waals surface area contributed by atoms with Crippen molar-refractivity contribution >= 4 is 22.9 Å². The fraction of sp³-hybridized carbons (Fsp3) is 0.346. The van der Waals surface area contributed by atoms with E-state index in [2.05, 4.69) is 56.9 Å². The maximum atomic E-state index is 13.3. The van der Waals surface area contributed by atoms with Crippen molar-refractivity contribution in [2.24, 2.45) is 5.92 Å². The van der Waals surface area contributed by atoms with Crippen molar-refractivity contribution in [1.29, 1.82) is 0 Å². The van der Waals surface area contributed by atoms with Gasteiger partial charge in [0.1, 0.15) is 5.82 Å². The summed E-state index contributed by atoms with van der Waals surface area (Å²) in [6.07, 6.45) is 1.64. The predicted molar refractivity (Wildman–Crippen MR) is 127 cm³/mol. The number of hydrogen-bond acceptors (Lipinski definition) is 4. The van der Waals surface area contributed by atoms with Crippen LogP contribution in [0.4, 0.5) is 10.1 Å². The quantitative estimate of drug-likeness (QED) is 0.615. The van der Waals surface area contributed by atoms with Crippen LogP contribution in [0.5, 0.6) is 0 Å². The molecule has 0 saturated carbocycles. The highest BCUT2D eigenvalue weighted by Crippen LogP contribution is 2.36. The zero-order valence-electron chi connectivity index (χ0n) is 18.0. The second-order valence-corrected chi connectivity index (χ2v) is 9.71. The fourth-order valence-corrected chi connectivity index (χ4v) is 5.71. The van der Waals surface area contributed by atoms with Crippen molar-refractivity contribution in [2.45, 2.75) is 25.4 Å². The first kappa shape index (κ1) is 21.2. The number of amides is 1. The molecule has 0 unspecified atom stereocenters. The first-order valence-corrected chi connectivity index (χ1v) is 12.2. The van der Waals surface area contributed by atoms with Gasteiger partial charge < -0.3 is 10.2 Å². The molecule has 32 heavy (non-hydrogen) atoms. The van der Waals surface area contributed by atoms with Crippen LogP contribution in [0.3, 0.4) is 0 Å². The molecular formula is C26H28FN3OS. The molecule has 2 aliphatic rings.